The highest BCUT2D eigenvalue weighted by Gasteiger charge is 2.48. The summed E-state index contributed by atoms with van der Waals surface area (Å²) in [5, 5.41) is 9.65. The van der Waals surface area contributed by atoms with Gasteiger partial charge in [-0.05, 0) is 36.8 Å². The van der Waals surface area contributed by atoms with Crippen molar-refractivity contribution >= 4 is 11.9 Å². The van der Waals surface area contributed by atoms with E-state index in [2.05, 4.69) is 0 Å². The summed E-state index contributed by atoms with van der Waals surface area (Å²) in [6.45, 7) is 0.473. The lowest BCUT2D eigenvalue weighted by Crippen LogP contribution is -2.47. The van der Waals surface area contributed by atoms with Gasteiger partial charge in [-0.3, -0.25) is 4.79 Å². The summed E-state index contributed by atoms with van der Waals surface area (Å²) in [5.74, 6) is -1.16. The average molecular weight is 301 g/mol. The molecule has 3 heterocycles. The predicted molar refractivity (Wildman–Crippen MR) is 78.2 cm³/mol. The van der Waals surface area contributed by atoms with E-state index in [0.29, 0.717) is 13.0 Å². The minimum atomic E-state index is -0.954. The number of fused-ring (bicyclic) bond motifs is 3. The quantitative estimate of drug-likeness (QED) is 0.904. The van der Waals surface area contributed by atoms with Gasteiger partial charge in [-0.2, -0.15) is 0 Å². The molecular weight excluding hydrogens is 282 g/mol. The molecule has 5 heteroatoms. The number of rotatable bonds is 2. The maximum atomic E-state index is 12.9. The minimum Gasteiger partial charge on any atom is -0.479 e. The summed E-state index contributed by atoms with van der Waals surface area (Å²) in [6.07, 6.45) is 3.59. The predicted octanol–water partition coefficient (Wildman–Crippen LogP) is 1.76. The molecule has 22 heavy (non-hydrogen) atoms. The van der Waals surface area contributed by atoms with E-state index >= 15 is 0 Å². The zero-order valence-corrected chi connectivity index (χ0v) is 12.3. The molecular formula is C17H19NO4. The van der Waals surface area contributed by atoms with Crippen molar-refractivity contribution in [2.75, 3.05) is 6.54 Å². The van der Waals surface area contributed by atoms with E-state index < -0.39 is 12.0 Å². The van der Waals surface area contributed by atoms with E-state index in [9.17, 15) is 14.7 Å². The third kappa shape index (κ3) is 2.03. The number of ether oxygens (including phenoxy) is 1. The van der Waals surface area contributed by atoms with Gasteiger partial charge in [-0.1, -0.05) is 24.3 Å². The van der Waals surface area contributed by atoms with Crippen LogP contribution in [0.2, 0.25) is 0 Å². The Morgan fingerprint density at radius 3 is 2.73 bits per heavy atom. The van der Waals surface area contributed by atoms with E-state index in [4.69, 9.17) is 4.74 Å². The van der Waals surface area contributed by atoms with Crippen molar-refractivity contribution in [2.24, 2.45) is 5.92 Å². The van der Waals surface area contributed by atoms with Crippen LogP contribution in [0, 0.1) is 5.92 Å². The zero-order valence-electron chi connectivity index (χ0n) is 12.3. The molecule has 3 aliphatic rings. The number of hydrogen-bond donors (Lipinski definition) is 1. The molecule has 3 aliphatic heterocycles. The number of carbonyl (C=O) groups is 2. The Labute approximate surface area is 128 Å². The molecule has 0 aliphatic carbocycles. The lowest BCUT2D eigenvalue weighted by molar-refractivity contribution is -0.153. The normalized spacial score (nSPS) is 32.8. The zero-order chi connectivity index (χ0) is 15.3. The SMILES string of the molecule is O=C(O)C1c2ccccc2CCN1C(=O)C1CC2CCC1O2. The van der Waals surface area contributed by atoms with Crippen LogP contribution in [0.4, 0.5) is 0 Å². The summed E-state index contributed by atoms with van der Waals surface area (Å²) in [7, 11) is 0. The number of carbonyl (C=O) groups excluding carboxylic acids is 1. The van der Waals surface area contributed by atoms with Gasteiger partial charge in [0.05, 0.1) is 18.1 Å². The number of benzene rings is 1. The first-order chi connectivity index (χ1) is 10.6. The number of nitrogens with zero attached hydrogens (tertiary/aromatic N) is 1. The average Bonchev–Trinajstić information content (AvgIpc) is 3.15. The first-order valence-corrected chi connectivity index (χ1v) is 7.91. The van der Waals surface area contributed by atoms with Crippen molar-refractivity contribution in [3.8, 4) is 0 Å². The highest BCUT2D eigenvalue weighted by molar-refractivity contribution is 5.87. The Morgan fingerprint density at radius 2 is 2.05 bits per heavy atom. The van der Waals surface area contributed by atoms with Crippen LogP contribution in [-0.2, 0) is 20.7 Å². The minimum absolute atomic E-state index is 0.0101. The summed E-state index contributed by atoms with van der Waals surface area (Å²) in [6, 6.07) is 6.66. The highest BCUT2D eigenvalue weighted by atomic mass is 16.5. The summed E-state index contributed by atoms with van der Waals surface area (Å²) >= 11 is 0. The smallest absolute Gasteiger partial charge is 0.331 e. The molecule has 4 unspecified atom stereocenters. The van der Waals surface area contributed by atoms with Crippen LogP contribution in [0.3, 0.4) is 0 Å². The van der Waals surface area contributed by atoms with Gasteiger partial charge in [-0.15, -0.1) is 0 Å². The number of carboxylic acids is 1. The third-order valence-electron chi connectivity index (χ3n) is 5.22. The molecule has 1 aromatic carbocycles. The van der Waals surface area contributed by atoms with E-state index in [1.54, 1.807) is 4.90 Å². The van der Waals surface area contributed by atoms with Gasteiger partial charge in [0.25, 0.3) is 0 Å². The second kappa shape index (κ2) is 5.09. The molecule has 2 bridgehead atoms. The molecule has 0 saturated carbocycles. The van der Waals surface area contributed by atoms with E-state index in [1.165, 1.54) is 0 Å². The highest BCUT2D eigenvalue weighted by Crippen LogP contribution is 2.41. The van der Waals surface area contributed by atoms with Crippen LogP contribution < -0.4 is 0 Å². The molecule has 5 nitrogen and oxygen atoms in total. The van der Waals surface area contributed by atoms with Crippen molar-refractivity contribution in [2.45, 2.75) is 43.9 Å². The van der Waals surface area contributed by atoms with Gasteiger partial charge in [0.1, 0.15) is 0 Å². The lowest BCUT2D eigenvalue weighted by Gasteiger charge is -2.37. The Hall–Kier alpha value is -1.88. The first-order valence-electron chi connectivity index (χ1n) is 7.91. The number of carboxylic acid groups (broad SMARTS) is 1. The summed E-state index contributed by atoms with van der Waals surface area (Å²) in [5.41, 5.74) is 1.78. The fourth-order valence-electron chi connectivity index (χ4n) is 4.18. The summed E-state index contributed by atoms with van der Waals surface area (Å²) < 4.78 is 5.77. The van der Waals surface area contributed by atoms with Crippen LogP contribution in [-0.4, -0.2) is 40.6 Å². The fraction of sp³-hybridized carbons (Fsp3) is 0.529. The van der Waals surface area contributed by atoms with Crippen molar-refractivity contribution in [3.05, 3.63) is 35.4 Å². The molecule has 4 atom stereocenters. The Bertz CT molecular complexity index is 629. The number of aliphatic carboxylic acids is 1. The molecule has 0 radical (unpaired) electrons. The van der Waals surface area contributed by atoms with Crippen molar-refractivity contribution in [1.82, 2.24) is 4.90 Å². The fourth-order valence-corrected chi connectivity index (χ4v) is 4.18. The Morgan fingerprint density at radius 1 is 1.23 bits per heavy atom. The molecule has 116 valence electrons. The van der Waals surface area contributed by atoms with Gasteiger partial charge in [0.15, 0.2) is 6.04 Å². The third-order valence-corrected chi connectivity index (χ3v) is 5.22. The van der Waals surface area contributed by atoms with Crippen molar-refractivity contribution < 1.29 is 19.4 Å². The van der Waals surface area contributed by atoms with Crippen LogP contribution in [0.1, 0.15) is 36.4 Å². The largest absolute Gasteiger partial charge is 0.479 e. The van der Waals surface area contributed by atoms with Gasteiger partial charge < -0.3 is 14.7 Å². The Kier molecular flexibility index (Phi) is 3.18. The van der Waals surface area contributed by atoms with Gasteiger partial charge in [0.2, 0.25) is 5.91 Å². The van der Waals surface area contributed by atoms with Crippen molar-refractivity contribution in [1.29, 1.82) is 0 Å². The van der Waals surface area contributed by atoms with Crippen LogP contribution in [0.5, 0.6) is 0 Å². The monoisotopic (exact) mass is 301 g/mol. The molecule has 4 rings (SSSR count). The van der Waals surface area contributed by atoms with Gasteiger partial charge in [0, 0.05) is 6.54 Å². The molecule has 2 fully saturated rings. The second-order valence-electron chi connectivity index (χ2n) is 6.44. The number of hydrogen-bond acceptors (Lipinski definition) is 3. The van der Waals surface area contributed by atoms with E-state index in [1.807, 2.05) is 24.3 Å². The van der Waals surface area contributed by atoms with Crippen LogP contribution in [0.15, 0.2) is 24.3 Å². The van der Waals surface area contributed by atoms with Gasteiger partial charge in [-0.25, -0.2) is 4.79 Å². The van der Waals surface area contributed by atoms with Crippen LogP contribution in [0.25, 0.3) is 0 Å². The topological polar surface area (TPSA) is 66.8 Å². The van der Waals surface area contributed by atoms with Gasteiger partial charge >= 0.3 is 5.97 Å². The lowest BCUT2D eigenvalue weighted by atomic mass is 9.86. The van der Waals surface area contributed by atoms with E-state index in [-0.39, 0.29) is 24.0 Å². The maximum absolute atomic E-state index is 12.9. The Balaban J connectivity index is 1.64. The second-order valence-corrected chi connectivity index (χ2v) is 6.44. The van der Waals surface area contributed by atoms with Crippen molar-refractivity contribution in [3.63, 3.8) is 0 Å². The molecule has 0 spiro atoms. The molecule has 1 N–H and O–H groups in total. The molecule has 1 amide bonds. The number of amides is 1. The van der Waals surface area contributed by atoms with E-state index in [0.717, 1.165) is 30.4 Å². The maximum Gasteiger partial charge on any atom is 0.331 e. The standard InChI is InChI=1S/C17H19NO4/c19-16(13-9-11-5-6-14(13)22-11)18-8-7-10-3-1-2-4-12(10)15(18)17(20)21/h1-4,11,13-15H,5-9H2,(H,20,21). The molecule has 2 saturated heterocycles. The molecule has 0 aromatic heterocycles. The first kappa shape index (κ1) is 13.8. The summed E-state index contributed by atoms with van der Waals surface area (Å²) in [4.78, 5) is 26.2. The van der Waals surface area contributed by atoms with Crippen LogP contribution >= 0.6 is 0 Å². The molecule has 1 aromatic rings.